The van der Waals surface area contributed by atoms with Gasteiger partial charge in [-0.3, -0.25) is 9.59 Å². The third-order valence-electron chi connectivity index (χ3n) is 4.47. The van der Waals surface area contributed by atoms with Gasteiger partial charge in [-0.1, -0.05) is 40.9 Å². The zero-order valence-electron chi connectivity index (χ0n) is 17.0. The number of rotatable bonds is 10. The van der Waals surface area contributed by atoms with E-state index in [-0.39, 0.29) is 24.8 Å². The number of halogens is 3. The minimum Gasteiger partial charge on any atom is -0.494 e. The van der Waals surface area contributed by atoms with Crippen LogP contribution >= 0.6 is 34.8 Å². The van der Waals surface area contributed by atoms with Crippen molar-refractivity contribution >= 4 is 46.6 Å². The fraction of sp³-hybridized carbons (Fsp3) is 0.364. The minimum atomic E-state index is -0.621. The van der Waals surface area contributed by atoms with Crippen LogP contribution in [0.25, 0.3) is 0 Å². The van der Waals surface area contributed by atoms with Crippen molar-refractivity contribution in [3.63, 3.8) is 0 Å². The molecule has 0 spiro atoms. The summed E-state index contributed by atoms with van der Waals surface area (Å²) >= 11 is 17.9. The Labute approximate surface area is 192 Å². The predicted octanol–water partition coefficient (Wildman–Crippen LogP) is 5.36. The molecule has 2 aromatic rings. The largest absolute Gasteiger partial charge is 0.494 e. The summed E-state index contributed by atoms with van der Waals surface area (Å²) in [5.74, 6) is 0.345. The maximum atomic E-state index is 12.9. The zero-order valence-corrected chi connectivity index (χ0v) is 19.2. The second-order valence-corrected chi connectivity index (χ2v) is 8.00. The molecular weight excluding hydrogens is 447 g/mol. The molecule has 0 aromatic heterocycles. The Kier molecular flexibility index (Phi) is 9.76. The topological polar surface area (TPSA) is 58.6 Å². The van der Waals surface area contributed by atoms with Gasteiger partial charge in [0, 0.05) is 24.5 Å². The molecule has 1 N–H and O–H groups in total. The average molecular weight is 472 g/mol. The SMILES string of the molecule is CCNC(=O)[C@H](C)N(Cc1ccc(Cl)c(Cl)c1)C(=O)CCCOc1ccc(Cl)cc1. The van der Waals surface area contributed by atoms with Crippen LogP contribution in [0.15, 0.2) is 42.5 Å². The van der Waals surface area contributed by atoms with Crippen LogP contribution in [0.3, 0.4) is 0 Å². The molecular formula is C22H25Cl3N2O3. The van der Waals surface area contributed by atoms with E-state index in [0.29, 0.717) is 40.4 Å². The Morgan fingerprint density at radius 1 is 1.07 bits per heavy atom. The fourth-order valence-corrected chi connectivity index (χ4v) is 3.27. The first-order valence-corrected chi connectivity index (χ1v) is 10.8. The summed E-state index contributed by atoms with van der Waals surface area (Å²) in [6, 6.07) is 11.6. The second kappa shape index (κ2) is 12.0. The van der Waals surface area contributed by atoms with E-state index in [1.54, 1.807) is 54.3 Å². The van der Waals surface area contributed by atoms with E-state index in [1.807, 2.05) is 6.92 Å². The molecule has 0 heterocycles. The van der Waals surface area contributed by atoms with Gasteiger partial charge < -0.3 is 15.0 Å². The number of benzene rings is 2. The van der Waals surface area contributed by atoms with Crippen molar-refractivity contribution in [1.29, 1.82) is 0 Å². The summed E-state index contributed by atoms with van der Waals surface area (Å²) in [5, 5.41) is 4.24. The maximum Gasteiger partial charge on any atom is 0.242 e. The van der Waals surface area contributed by atoms with Gasteiger partial charge in [0.1, 0.15) is 11.8 Å². The van der Waals surface area contributed by atoms with Gasteiger partial charge in [-0.25, -0.2) is 0 Å². The first-order valence-electron chi connectivity index (χ1n) is 9.71. The Morgan fingerprint density at radius 3 is 2.40 bits per heavy atom. The van der Waals surface area contributed by atoms with Crippen LogP contribution < -0.4 is 10.1 Å². The van der Waals surface area contributed by atoms with Crippen LogP contribution in [0.2, 0.25) is 15.1 Å². The summed E-state index contributed by atoms with van der Waals surface area (Å²) in [6.07, 6.45) is 0.764. The normalized spacial score (nSPS) is 11.6. The molecule has 2 amide bonds. The lowest BCUT2D eigenvalue weighted by Crippen LogP contribution is -2.47. The quantitative estimate of drug-likeness (QED) is 0.475. The van der Waals surface area contributed by atoms with Crippen LogP contribution in [0.4, 0.5) is 0 Å². The van der Waals surface area contributed by atoms with Gasteiger partial charge >= 0.3 is 0 Å². The molecule has 0 radical (unpaired) electrons. The van der Waals surface area contributed by atoms with Crippen LogP contribution in [-0.4, -0.2) is 35.9 Å². The van der Waals surface area contributed by atoms with Crippen molar-refractivity contribution in [2.75, 3.05) is 13.2 Å². The highest BCUT2D eigenvalue weighted by molar-refractivity contribution is 6.42. The van der Waals surface area contributed by atoms with Crippen molar-refractivity contribution in [2.24, 2.45) is 0 Å². The van der Waals surface area contributed by atoms with Crippen LogP contribution in [0, 0.1) is 0 Å². The fourth-order valence-electron chi connectivity index (χ4n) is 2.83. The van der Waals surface area contributed by atoms with E-state index in [4.69, 9.17) is 39.5 Å². The van der Waals surface area contributed by atoms with Crippen LogP contribution in [0.5, 0.6) is 5.75 Å². The number of likely N-dealkylation sites (N-methyl/N-ethyl adjacent to an activating group) is 1. The molecule has 5 nitrogen and oxygen atoms in total. The molecule has 1 atom stereocenters. The van der Waals surface area contributed by atoms with Crippen molar-refractivity contribution in [3.05, 3.63) is 63.1 Å². The average Bonchev–Trinajstić information content (AvgIpc) is 2.72. The molecule has 0 unspecified atom stereocenters. The number of ether oxygens (including phenoxy) is 1. The maximum absolute atomic E-state index is 12.9. The Hall–Kier alpha value is -1.95. The Bertz CT molecular complexity index is 859. The molecule has 8 heteroatoms. The van der Waals surface area contributed by atoms with E-state index in [0.717, 1.165) is 5.56 Å². The highest BCUT2D eigenvalue weighted by atomic mass is 35.5. The van der Waals surface area contributed by atoms with Crippen LogP contribution in [-0.2, 0) is 16.1 Å². The number of carbonyl (C=O) groups is 2. The molecule has 0 saturated carbocycles. The molecule has 0 aliphatic heterocycles. The van der Waals surface area contributed by atoms with Gasteiger partial charge in [-0.15, -0.1) is 0 Å². The van der Waals surface area contributed by atoms with Gasteiger partial charge in [0.15, 0.2) is 0 Å². The molecule has 0 fully saturated rings. The van der Waals surface area contributed by atoms with Gasteiger partial charge in [0.05, 0.1) is 16.7 Å². The number of hydrogen-bond acceptors (Lipinski definition) is 3. The lowest BCUT2D eigenvalue weighted by molar-refractivity contribution is -0.140. The van der Waals surface area contributed by atoms with E-state index < -0.39 is 6.04 Å². The predicted molar refractivity (Wildman–Crippen MR) is 121 cm³/mol. The van der Waals surface area contributed by atoms with E-state index in [9.17, 15) is 9.59 Å². The summed E-state index contributed by atoms with van der Waals surface area (Å²) in [5.41, 5.74) is 0.798. The lowest BCUT2D eigenvalue weighted by atomic mass is 10.1. The van der Waals surface area contributed by atoms with Crippen molar-refractivity contribution < 1.29 is 14.3 Å². The molecule has 30 heavy (non-hydrogen) atoms. The number of nitrogens with zero attached hydrogens (tertiary/aromatic N) is 1. The molecule has 0 saturated heterocycles. The molecule has 0 aliphatic rings. The number of nitrogens with one attached hydrogen (secondary N) is 1. The first kappa shape index (κ1) is 24.3. The van der Waals surface area contributed by atoms with Gasteiger partial charge in [0.25, 0.3) is 0 Å². The molecule has 0 bridgehead atoms. The van der Waals surface area contributed by atoms with Crippen LogP contribution in [0.1, 0.15) is 32.3 Å². The Balaban J connectivity index is 2.00. The summed E-state index contributed by atoms with van der Waals surface area (Å²) in [7, 11) is 0. The highest BCUT2D eigenvalue weighted by Gasteiger charge is 2.25. The summed E-state index contributed by atoms with van der Waals surface area (Å²) in [4.78, 5) is 26.8. The summed E-state index contributed by atoms with van der Waals surface area (Å²) < 4.78 is 5.64. The number of amides is 2. The zero-order chi connectivity index (χ0) is 22.1. The molecule has 162 valence electrons. The minimum absolute atomic E-state index is 0.139. The van der Waals surface area contributed by atoms with Crippen molar-refractivity contribution in [2.45, 2.75) is 39.3 Å². The van der Waals surface area contributed by atoms with Crippen molar-refractivity contribution in [3.8, 4) is 5.75 Å². The van der Waals surface area contributed by atoms with Crippen molar-refractivity contribution in [1.82, 2.24) is 10.2 Å². The number of hydrogen-bond donors (Lipinski definition) is 1. The third-order valence-corrected chi connectivity index (χ3v) is 5.46. The van der Waals surface area contributed by atoms with Gasteiger partial charge in [-0.2, -0.15) is 0 Å². The smallest absolute Gasteiger partial charge is 0.242 e. The lowest BCUT2D eigenvalue weighted by Gasteiger charge is -2.29. The van der Waals surface area contributed by atoms with Gasteiger partial charge in [-0.05, 0) is 62.2 Å². The number of carbonyl (C=O) groups excluding carboxylic acids is 2. The summed E-state index contributed by atoms with van der Waals surface area (Å²) in [6.45, 7) is 4.68. The molecule has 2 aromatic carbocycles. The van der Waals surface area contributed by atoms with Gasteiger partial charge in [0.2, 0.25) is 11.8 Å². The monoisotopic (exact) mass is 470 g/mol. The second-order valence-electron chi connectivity index (χ2n) is 6.75. The van der Waals surface area contributed by atoms with E-state index in [2.05, 4.69) is 5.32 Å². The first-order chi connectivity index (χ1) is 14.3. The molecule has 0 aliphatic carbocycles. The van der Waals surface area contributed by atoms with E-state index >= 15 is 0 Å². The Morgan fingerprint density at radius 2 is 1.77 bits per heavy atom. The highest BCUT2D eigenvalue weighted by Crippen LogP contribution is 2.24. The van der Waals surface area contributed by atoms with E-state index in [1.165, 1.54) is 0 Å². The standard InChI is InChI=1S/C22H25Cl3N2O3/c1-3-26-22(29)15(2)27(14-16-6-11-19(24)20(25)13-16)21(28)5-4-12-30-18-9-7-17(23)8-10-18/h6-11,13,15H,3-5,12,14H2,1-2H3,(H,26,29)/t15-/m0/s1. The molecule has 2 rings (SSSR count). The third kappa shape index (κ3) is 7.38.